The lowest BCUT2D eigenvalue weighted by Gasteiger charge is -2.19. The molecule has 1 rings (SSSR count). The number of carboxylic acids is 1. The molecule has 0 saturated carbocycles. The summed E-state index contributed by atoms with van der Waals surface area (Å²) in [5, 5.41) is 11.7. The molecular formula is C15H22BrNO4S. The second-order valence-corrected chi connectivity index (χ2v) is 5.56. The van der Waals surface area contributed by atoms with Gasteiger partial charge in [-0.1, -0.05) is 30.3 Å². The van der Waals surface area contributed by atoms with Gasteiger partial charge in [0, 0.05) is 11.5 Å². The van der Waals surface area contributed by atoms with Gasteiger partial charge < -0.3 is 9.84 Å². The molecule has 1 aromatic carbocycles. The maximum atomic E-state index is 11.9. The molecule has 0 saturated heterocycles. The van der Waals surface area contributed by atoms with Crippen LogP contribution in [0.15, 0.2) is 30.3 Å². The van der Waals surface area contributed by atoms with Gasteiger partial charge in [0.25, 0.3) is 0 Å². The van der Waals surface area contributed by atoms with Crippen molar-refractivity contribution in [2.24, 2.45) is 0 Å². The van der Waals surface area contributed by atoms with Gasteiger partial charge in [0.1, 0.15) is 12.1 Å². The average molecular weight is 392 g/mol. The Morgan fingerprint density at radius 1 is 1.32 bits per heavy atom. The molecular weight excluding hydrogens is 370 g/mol. The van der Waals surface area contributed by atoms with Gasteiger partial charge in [0.15, 0.2) is 0 Å². The van der Waals surface area contributed by atoms with Gasteiger partial charge in [0.2, 0.25) is 0 Å². The Hall–Kier alpha value is -1.05. The van der Waals surface area contributed by atoms with E-state index in [9.17, 15) is 9.59 Å². The molecule has 0 spiro atoms. The number of carbonyl (C=O) groups excluding carboxylic acids is 1. The number of hydrogen-bond donors (Lipinski definition) is 2. The largest absolute Gasteiger partial charge is 0.480 e. The summed E-state index contributed by atoms with van der Waals surface area (Å²) < 4.78 is 4.98. The van der Waals surface area contributed by atoms with Gasteiger partial charge in [-0.15, -0.1) is 17.0 Å². The summed E-state index contributed by atoms with van der Waals surface area (Å²) in [6, 6.07) is 8.49. The quantitative estimate of drug-likeness (QED) is 0.629. The first-order chi connectivity index (χ1) is 10.0. The minimum absolute atomic E-state index is 0. The third-order valence-corrected chi connectivity index (χ3v) is 3.90. The van der Waals surface area contributed by atoms with E-state index >= 15 is 0 Å². The molecule has 5 nitrogen and oxygen atoms in total. The van der Waals surface area contributed by atoms with Crippen molar-refractivity contribution < 1.29 is 19.4 Å². The van der Waals surface area contributed by atoms with Gasteiger partial charge >= 0.3 is 11.9 Å². The number of benzene rings is 1. The zero-order valence-electron chi connectivity index (χ0n) is 12.7. The Morgan fingerprint density at radius 2 is 1.95 bits per heavy atom. The standard InChI is InChI=1S/C15H21NO4S.BrH/c1-3-20-15(19)13(16-11(2)14(17)18)10-21-9-12-7-5-4-6-8-12;/h4-8,11,13,16H,3,9-10H2,1-2H3,(H,17,18);1H/t11-,13+;/m1./s1. The lowest BCUT2D eigenvalue weighted by molar-refractivity contribution is -0.146. The lowest BCUT2D eigenvalue weighted by Crippen LogP contribution is -2.47. The molecule has 0 bridgehead atoms. The third kappa shape index (κ3) is 7.82. The highest BCUT2D eigenvalue weighted by Crippen LogP contribution is 2.13. The molecule has 1 aromatic rings. The molecule has 7 heteroatoms. The number of hydrogen-bond acceptors (Lipinski definition) is 5. The summed E-state index contributed by atoms with van der Waals surface area (Å²) >= 11 is 1.57. The van der Waals surface area contributed by atoms with Crippen molar-refractivity contribution in [3.05, 3.63) is 35.9 Å². The van der Waals surface area contributed by atoms with Crippen LogP contribution < -0.4 is 5.32 Å². The Labute approximate surface area is 145 Å². The number of carbonyl (C=O) groups is 2. The second kappa shape index (κ2) is 11.5. The number of carboxylic acid groups (broad SMARTS) is 1. The van der Waals surface area contributed by atoms with E-state index in [1.54, 1.807) is 18.7 Å². The van der Waals surface area contributed by atoms with Gasteiger partial charge in [-0.2, -0.15) is 11.8 Å². The van der Waals surface area contributed by atoms with Gasteiger partial charge in [0.05, 0.1) is 6.61 Å². The Bertz CT molecular complexity index is 458. The van der Waals surface area contributed by atoms with E-state index in [2.05, 4.69) is 5.32 Å². The van der Waals surface area contributed by atoms with E-state index in [4.69, 9.17) is 9.84 Å². The summed E-state index contributed by atoms with van der Waals surface area (Å²) in [4.78, 5) is 22.7. The minimum Gasteiger partial charge on any atom is -0.480 e. The van der Waals surface area contributed by atoms with E-state index < -0.39 is 24.0 Å². The maximum absolute atomic E-state index is 11.9. The average Bonchev–Trinajstić information content (AvgIpc) is 2.47. The molecule has 0 aromatic heterocycles. The van der Waals surface area contributed by atoms with E-state index in [-0.39, 0.29) is 23.6 Å². The zero-order valence-corrected chi connectivity index (χ0v) is 15.2. The van der Waals surface area contributed by atoms with Crippen molar-refractivity contribution >= 4 is 40.7 Å². The van der Waals surface area contributed by atoms with Gasteiger partial charge in [-0.25, -0.2) is 0 Å². The van der Waals surface area contributed by atoms with Crippen LogP contribution in [0.25, 0.3) is 0 Å². The smallest absolute Gasteiger partial charge is 0.324 e. The van der Waals surface area contributed by atoms with Crippen LogP contribution in [-0.4, -0.2) is 41.5 Å². The zero-order chi connectivity index (χ0) is 15.7. The Kier molecular flexibility index (Phi) is 11.0. The molecule has 0 amide bonds. The van der Waals surface area contributed by atoms with Crippen molar-refractivity contribution in [1.82, 2.24) is 5.32 Å². The van der Waals surface area contributed by atoms with Crippen molar-refractivity contribution in [1.29, 1.82) is 0 Å². The summed E-state index contributed by atoms with van der Waals surface area (Å²) in [7, 11) is 0. The first-order valence-corrected chi connectivity index (χ1v) is 7.97. The normalized spacial score (nSPS) is 12.8. The van der Waals surface area contributed by atoms with Crippen LogP contribution >= 0.6 is 28.7 Å². The van der Waals surface area contributed by atoms with Crippen LogP contribution in [0.1, 0.15) is 19.4 Å². The number of thioether (sulfide) groups is 1. The van der Waals surface area contributed by atoms with Crippen molar-refractivity contribution in [3.8, 4) is 0 Å². The SMILES string of the molecule is Br.CCOC(=O)[C@H](CSCc1ccccc1)N[C@H](C)C(=O)O. The summed E-state index contributed by atoms with van der Waals surface area (Å²) in [6.45, 7) is 3.52. The predicted octanol–water partition coefficient (Wildman–Crippen LogP) is 2.49. The fourth-order valence-electron chi connectivity index (χ4n) is 1.67. The van der Waals surface area contributed by atoms with E-state index in [1.807, 2.05) is 30.3 Å². The highest BCUT2D eigenvalue weighted by molar-refractivity contribution is 8.93. The van der Waals surface area contributed by atoms with Gasteiger partial charge in [-0.05, 0) is 19.4 Å². The molecule has 0 heterocycles. The number of esters is 1. The third-order valence-electron chi connectivity index (χ3n) is 2.79. The topological polar surface area (TPSA) is 75.6 Å². The molecule has 0 aliphatic carbocycles. The molecule has 2 N–H and O–H groups in total. The summed E-state index contributed by atoms with van der Waals surface area (Å²) in [5.74, 6) is -0.172. The molecule has 124 valence electrons. The summed E-state index contributed by atoms with van der Waals surface area (Å²) in [6.07, 6.45) is 0. The maximum Gasteiger partial charge on any atom is 0.324 e. The Balaban J connectivity index is 0.00000441. The van der Waals surface area contributed by atoms with Crippen LogP contribution in [0, 0.1) is 0 Å². The fourth-order valence-corrected chi connectivity index (χ4v) is 2.68. The molecule has 0 aliphatic rings. The first kappa shape index (κ1) is 20.9. The number of rotatable bonds is 9. The van der Waals surface area contributed by atoms with Crippen molar-refractivity contribution in [2.75, 3.05) is 12.4 Å². The molecule has 0 aliphatic heterocycles. The molecule has 0 radical (unpaired) electrons. The van der Waals surface area contributed by atoms with Crippen LogP contribution in [0.5, 0.6) is 0 Å². The molecule has 22 heavy (non-hydrogen) atoms. The highest BCUT2D eigenvalue weighted by atomic mass is 79.9. The highest BCUT2D eigenvalue weighted by Gasteiger charge is 2.24. The van der Waals surface area contributed by atoms with Crippen LogP contribution in [-0.2, 0) is 20.1 Å². The van der Waals surface area contributed by atoms with Gasteiger partial charge in [-0.3, -0.25) is 14.9 Å². The van der Waals surface area contributed by atoms with Crippen LogP contribution in [0.4, 0.5) is 0 Å². The number of halogens is 1. The van der Waals surface area contributed by atoms with Crippen LogP contribution in [0.2, 0.25) is 0 Å². The van der Waals surface area contributed by atoms with E-state index in [0.29, 0.717) is 5.75 Å². The van der Waals surface area contributed by atoms with Crippen LogP contribution in [0.3, 0.4) is 0 Å². The Morgan fingerprint density at radius 3 is 2.50 bits per heavy atom. The fraction of sp³-hybridized carbons (Fsp3) is 0.467. The number of ether oxygens (including phenoxy) is 1. The monoisotopic (exact) mass is 391 g/mol. The molecule has 0 unspecified atom stereocenters. The van der Waals surface area contributed by atoms with E-state index in [1.165, 1.54) is 6.92 Å². The predicted molar refractivity (Wildman–Crippen MR) is 93.6 cm³/mol. The summed E-state index contributed by atoms with van der Waals surface area (Å²) in [5.41, 5.74) is 1.16. The second-order valence-electron chi connectivity index (χ2n) is 4.53. The molecule has 2 atom stereocenters. The van der Waals surface area contributed by atoms with E-state index in [0.717, 1.165) is 11.3 Å². The number of nitrogens with one attached hydrogen (secondary N) is 1. The minimum atomic E-state index is -0.989. The lowest BCUT2D eigenvalue weighted by atomic mass is 10.2. The van der Waals surface area contributed by atoms with Crippen molar-refractivity contribution in [3.63, 3.8) is 0 Å². The first-order valence-electron chi connectivity index (χ1n) is 6.81. The molecule has 0 fully saturated rings. The number of aliphatic carboxylic acids is 1. The van der Waals surface area contributed by atoms with Crippen molar-refractivity contribution in [2.45, 2.75) is 31.7 Å².